The van der Waals surface area contributed by atoms with Gasteiger partial charge in [-0.05, 0) is 31.9 Å². The Kier molecular flexibility index (Phi) is 6.07. The predicted octanol–water partition coefficient (Wildman–Crippen LogP) is 3.45. The second-order valence-corrected chi connectivity index (χ2v) is 7.14. The Balaban J connectivity index is 1.76. The fraction of sp³-hybridized carbons (Fsp3) is 0.500. The van der Waals surface area contributed by atoms with Gasteiger partial charge in [-0.3, -0.25) is 9.69 Å². The lowest BCUT2D eigenvalue weighted by Gasteiger charge is -2.23. The van der Waals surface area contributed by atoms with E-state index in [1.165, 1.54) is 4.90 Å². The molecule has 8 heteroatoms. The van der Waals surface area contributed by atoms with Gasteiger partial charge in [-0.25, -0.2) is 4.68 Å². The molecule has 2 aromatic rings. The molecule has 1 aromatic heterocycles. The Hall–Kier alpha value is -2.35. The molecule has 1 aromatic carbocycles. The molecular formula is C20H25F3N4O. The zero-order valence-electron chi connectivity index (χ0n) is 16.2. The third-order valence-corrected chi connectivity index (χ3v) is 4.99. The molecule has 1 saturated heterocycles. The highest BCUT2D eigenvalue weighted by molar-refractivity contribution is 5.95. The monoisotopic (exact) mass is 394 g/mol. The summed E-state index contributed by atoms with van der Waals surface area (Å²) in [7, 11) is 0. The zero-order valence-corrected chi connectivity index (χ0v) is 16.2. The second kappa shape index (κ2) is 8.34. The van der Waals surface area contributed by atoms with E-state index in [1.807, 2.05) is 38.1 Å². The smallest absolute Gasteiger partial charge is 0.337 e. The summed E-state index contributed by atoms with van der Waals surface area (Å²) in [6.07, 6.45) is -1.50. The minimum atomic E-state index is -4.22. The number of aryl methyl sites for hydroxylation is 1. The summed E-state index contributed by atoms with van der Waals surface area (Å²) in [5, 5.41) is 4.40. The first kappa shape index (κ1) is 20.4. The van der Waals surface area contributed by atoms with Crippen molar-refractivity contribution in [3.8, 4) is 5.69 Å². The number of aromatic nitrogens is 2. The first-order valence-electron chi connectivity index (χ1n) is 9.51. The van der Waals surface area contributed by atoms with Gasteiger partial charge in [0.15, 0.2) is 0 Å². The van der Waals surface area contributed by atoms with Crippen LogP contribution in [0.25, 0.3) is 5.69 Å². The van der Waals surface area contributed by atoms with Gasteiger partial charge in [0.1, 0.15) is 0 Å². The SMILES string of the molecule is CCc1c(C(=O)N2CCCN(CC(F)(F)F)CC2)cnn1-c1ccc(C)cc1. The number of hydrogen-bond donors (Lipinski definition) is 0. The highest BCUT2D eigenvalue weighted by Gasteiger charge is 2.32. The average molecular weight is 394 g/mol. The molecule has 1 aliphatic heterocycles. The van der Waals surface area contributed by atoms with E-state index >= 15 is 0 Å². The van der Waals surface area contributed by atoms with Crippen LogP contribution in [0.5, 0.6) is 0 Å². The molecule has 0 aliphatic carbocycles. The van der Waals surface area contributed by atoms with Gasteiger partial charge in [-0.2, -0.15) is 18.3 Å². The standard InChI is InChI=1S/C20H25F3N4O/c1-3-18-17(13-24-27(18)16-7-5-15(2)6-8-16)19(28)26-10-4-9-25(11-12-26)14-20(21,22)23/h5-8,13H,3-4,9-12,14H2,1-2H3. The maximum Gasteiger partial charge on any atom is 0.401 e. The van der Waals surface area contributed by atoms with Crippen LogP contribution >= 0.6 is 0 Å². The Bertz CT molecular complexity index is 814. The Labute approximate surface area is 162 Å². The molecule has 1 amide bonds. The van der Waals surface area contributed by atoms with Gasteiger partial charge >= 0.3 is 6.18 Å². The molecule has 0 spiro atoms. The highest BCUT2D eigenvalue weighted by atomic mass is 19.4. The van der Waals surface area contributed by atoms with Gasteiger partial charge in [0.25, 0.3) is 5.91 Å². The van der Waals surface area contributed by atoms with Crippen LogP contribution < -0.4 is 0 Å². The summed E-state index contributed by atoms with van der Waals surface area (Å²) >= 11 is 0. The molecule has 1 fully saturated rings. The molecule has 1 aliphatic rings. The molecule has 3 rings (SSSR count). The maximum atomic E-state index is 13.1. The second-order valence-electron chi connectivity index (χ2n) is 7.14. The average Bonchev–Trinajstić information content (AvgIpc) is 2.94. The van der Waals surface area contributed by atoms with E-state index in [0.29, 0.717) is 31.5 Å². The Morgan fingerprint density at radius 3 is 2.46 bits per heavy atom. The van der Waals surface area contributed by atoms with Crippen molar-refractivity contribution in [3.05, 3.63) is 47.3 Å². The maximum absolute atomic E-state index is 13.1. The number of nitrogens with zero attached hydrogens (tertiary/aromatic N) is 4. The molecule has 28 heavy (non-hydrogen) atoms. The van der Waals surface area contributed by atoms with E-state index in [-0.39, 0.29) is 19.0 Å². The van der Waals surface area contributed by atoms with Crippen molar-refractivity contribution >= 4 is 5.91 Å². The fourth-order valence-electron chi connectivity index (χ4n) is 3.56. The number of rotatable bonds is 4. The molecule has 0 atom stereocenters. The summed E-state index contributed by atoms with van der Waals surface area (Å²) in [6, 6.07) is 7.89. The van der Waals surface area contributed by atoms with E-state index < -0.39 is 12.7 Å². The minimum Gasteiger partial charge on any atom is -0.337 e. The van der Waals surface area contributed by atoms with Crippen LogP contribution in [0.2, 0.25) is 0 Å². The third-order valence-electron chi connectivity index (χ3n) is 4.99. The molecule has 152 valence electrons. The molecule has 0 unspecified atom stereocenters. The number of benzene rings is 1. The lowest BCUT2D eigenvalue weighted by atomic mass is 10.1. The highest BCUT2D eigenvalue weighted by Crippen LogP contribution is 2.20. The van der Waals surface area contributed by atoms with Crippen LogP contribution in [0.1, 0.15) is 35.0 Å². The Morgan fingerprint density at radius 2 is 1.82 bits per heavy atom. The first-order valence-corrected chi connectivity index (χ1v) is 9.51. The van der Waals surface area contributed by atoms with Crippen LogP contribution in [-0.2, 0) is 6.42 Å². The van der Waals surface area contributed by atoms with E-state index in [2.05, 4.69) is 5.10 Å². The Morgan fingerprint density at radius 1 is 1.11 bits per heavy atom. The number of hydrogen-bond acceptors (Lipinski definition) is 3. The summed E-state index contributed by atoms with van der Waals surface area (Å²) in [5.41, 5.74) is 3.35. The summed E-state index contributed by atoms with van der Waals surface area (Å²) < 4.78 is 39.7. The molecular weight excluding hydrogens is 369 g/mol. The van der Waals surface area contributed by atoms with Crippen molar-refractivity contribution in [1.82, 2.24) is 19.6 Å². The summed E-state index contributed by atoms with van der Waals surface area (Å²) in [4.78, 5) is 16.1. The van der Waals surface area contributed by atoms with Crippen LogP contribution in [0.3, 0.4) is 0 Å². The minimum absolute atomic E-state index is 0.163. The van der Waals surface area contributed by atoms with Crippen molar-refractivity contribution < 1.29 is 18.0 Å². The van der Waals surface area contributed by atoms with Crippen molar-refractivity contribution in [2.24, 2.45) is 0 Å². The zero-order chi connectivity index (χ0) is 20.3. The quantitative estimate of drug-likeness (QED) is 0.798. The number of carbonyl (C=O) groups is 1. The van der Waals surface area contributed by atoms with Gasteiger partial charge in [-0.15, -0.1) is 0 Å². The summed E-state index contributed by atoms with van der Waals surface area (Å²) in [5.74, 6) is -0.163. The van der Waals surface area contributed by atoms with Crippen molar-refractivity contribution in [2.75, 3.05) is 32.7 Å². The normalized spacial score (nSPS) is 16.2. The van der Waals surface area contributed by atoms with E-state index in [1.54, 1.807) is 15.8 Å². The van der Waals surface area contributed by atoms with Crippen LogP contribution in [0.4, 0.5) is 13.2 Å². The molecule has 2 heterocycles. The molecule has 0 bridgehead atoms. The van der Waals surface area contributed by atoms with Crippen molar-refractivity contribution in [2.45, 2.75) is 32.9 Å². The lowest BCUT2D eigenvalue weighted by Crippen LogP contribution is -2.38. The van der Waals surface area contributed by atoms with Crippen molar-refractivity contribution in [3.63, 3.8) is 0 Å². The molecule has 5 nitrogen and oxygen atoms in total. The van der Waals surface area contributed by atoms with Crippen LogP contribution in [0.15, 0.2) is 30.5 Å². The van der Waals surface area contributed by atoms with E-state index in [0.717, 1.165) is 16.9 Å². The number of halogens is 3. The largest absolute Gasteiger partial charge is 0.401 e. The van der Waals surface area contributed by atoms with E-state index in [4.69, 9.17) is 0 Å². The van der Waals surface area contributed by atoms with Gasteiger partial charge < -0.3 is 4.90 Å². The number of alkyl halides is 3. The molecule has 0 N–H and O–H groups in total. The van der Waals surface area contributed by atoms with Crippen LogP contribution in [0, 0.1) is 6.92 Å². The van der Waals surface area contributed by atoms with Crippen LogP contribution in [-0.4, -0.2) is 64.4 Å². The topological polar surface area (TPSA) is 41.4 Å². The van der Waals surface area contributed by atoms with Gasteiger partial charge in [0.2, 0.25) is 0 Å². The lowest BCUT2D eigenvalue weighted by molar-refractivity contribution is -0.145. The number of amides is 1. The number of carbonyl (C=O) groups excluding carboxylic acids is 1. The van der Waals surface area contributed by atoms with Crippen molar-refractivity contribution in [1.29, 1.82) is 0 Å². The van der Waals surface area contributed by atoms with Gasteiger partial charge in [-0.1, -0.05) is 24.6 Å². The third kappa shape index (κ3) is 4.73. The van der Waals surface area contributed by atoms with Gasteiger partial charge in [0, 0.05) is 26.2 Å². The fourth-order valence-corrected chi connectivity index (χ4v) is 3.56. The predicted molar refractivity (Wildman–Crippen MR) is 101 cm³/mol. The molecule has 0 radical (unpaired) electrons. The van der Waals surface area contributed by atoms with Gasteiger partial charge in [0.05, 0.1) is 29.7 Å². The van der Waals surface area contributed by atoms with E-state index in [9.17, 15) is 18.0 Å². The summed E-state index contributed by atoms with van der Waals surface area (Å²) in [6.45, 7) is 4.34. The first-order chi connectivity index (χ1) is 13.3. The molecule has 0 saturated carbocycles.